The van der Waals surface area contributed by atoms with Gasteiger partial charge in [-0.2, -0.15) is 0 Å². The van der Waals surface area contributed by atoms with Gasteiger partial charge in [-0.15, -0.1) is 0 Å². The number of nitrogen functional groups attached to an aromatic ring is 1. The molecule has 78 valence electrons. The van der Waals surface area contributed by atoms with Crippen molar-refractivity contribution in [1.82, 2.24) is 0 Å². The van der Waals surface area contributed by atoms with E-state index in [1.807, 2.05) is 32.0 Å². The number of ether oxygens (including phenoxy) is 2. The molecule has 1 aromatic carbocycles. The summed E-state index contributed by atoms with van der Waals surface area (Å²) in [5.41, 5.74) is 7.52. The first kappa shape index (κ1) is 10.9. The maximum absolute atomic E-state index is 5.70. The summed E-state index contributed by atoms with van der Waals surface area (Å²) in [5.74, 6) is 0.834. The van der Waals surface area contributed by atoms with Crippen LogP contribution in [0.25, 0.3) is 0 Å². The highest BCUT2D eigenvalue weighted by molar-refractivity contribution is 5.49. The van der Waals surface area contributed by atoms with Gasteiger partial charge in [-0.3, -0.25) is 0 Å². The van der Waals surface area contributed by atoms with Gasteiger partial charge in [0.15, 0.2) is 0 Å². The number of aryl methyl sites for hydroxylation is 1. The fourth-order valence-corrected chi connectivity index (χ4v) is 1.22. The Bertz CT molecular complexity index is 299. The fraction of sp³-hybridized carbons (Fsp3) is 0.455. The summed E-state index contributed by atoms with van der Waals surface area (Å²) in [7, 11) is 1.66. The molecule has 0 aromatic heterocycles. The average Bonchev–Trinajstić information content (AvgIpc) is 2.12. The van der Waals surface area contributed by atoms with Gasteiger partial charge in [0.2, 0.25) is 0 Å². The first-order valence-electron chi connectivity index (χ1n) is 4.65. The number of hydrogen-bond donors (Lipinski definition) is 1. The number of rotatable bonds is 4. The first-order valence-corrected chi connectivity index (χ1v) is 4.65. The minimum Gasteiger partial charge on any atom is -0.488 e. The zero-order chi connectivity index (χ0) is 10.6. The predicted octanol–water partition coefficient (Wildman–Crippen LogP) is 1.99. The Morgan fingerprint density at radius 1 is 1.43 bits per heavy atom. The average molecular weight is 195 g/mol. The number of nitrogens with two attached hydrogens (primary N) is 1. The molecule has 2 N–H and O–H groups in total. The molecule has 0 bridgehead atoms. The second kappa shape index (κ2) is 4.86. The molecule has 0 saturated carbocycles. The minimum absolute atomic E-state index is 0.0584. The van der Waals surface area contributed by atoms with Crippen molar-refractivity contribution >= 4 is 5.69 Å². The Morgan fingerprint density at radius 2 is 2.14 bits per heavy atom. The summed E-state index contributed by atoms with van der Waals surface area (Å²) < 4.78 is 10.6. The summed E-state index contributed by atoms with van der Waals surface area (Å²) in [6.45, 7) is 4.52. The van der Waals surface area contributed by atoms with Gasteiger partial charge < -0.3 is 15.2 Å². The van der Waals surface area contributed by atoms with E-state index in [4.69, 9.17) is 15.2 Å². The van der Waals surface area contributed by atoms with E-state index in [1.165, 1.54) is 0 Å². The third-order valence-corrected chi connectivity index (χ3v) is 1.98. The van der Waals surface area contributed by atoms with Gasteiger partial charge >= 0.3 is 0 Å². The number of benzene rings is 1. The third-order valence-electron chi connectivity index (χ3n) is 1.98. The summed E-state index contributed by atoms with van der Waals surface area (Å²) in [6.07, 6.45) is 0.0584. The maximum Gasteiger partial charge on any atom is 0.120 e. The molecule has 3 nitrogen and oxygen atoms in total. The topological polar surface area (TPSA) is 44.5 Å². The van der Waals surface area contributed by atoms with Crippen LogP contribution in [0.1, 0.15) is 12.5 Å². The first-order chi connectivity index (χ1) is 6.63. The molecule has 0 aliphatic rings. The van der Waals surface area contributed by atoms with Crippen LogP contribution in [0.15, 0.2) is 18.2 Å². The van der Waals surface area contributed by atoms with Crippen molar-refractivity contribution in [2.75, 3.05) is 19.5 Å². The summed E-state index contributed by atoms with van der Waals surface area (Å²) in [6, 6.07) is 5.65. The molecule has 14 heavy (non-hydrogen) atoms. The Morgan fingerprint density at radius 3 is 2.71 bits per heavy atom. The third kappa shape index (κ3) is 2.92. The summed E-state index contributed by atoms with van der Waals surface area (Å²) in [5, 5.41) is 0. The molecule has 1 unspecified atom stereocenters. The van der Waals surface area contributed by atoms with E-state index in [9.17, 15) is 0 Å². The fourth-order valence-electron chi connectivity index (χ4n) is 1.22. The van der Waals surface area contributed by atoms with Gasteiger partial charge in [0.25, 0.3) is 0 Å². The largest absolute Gasteiger partial charge is 0.488 e. The van der Waals surface area contributed by atoms with Crippen LogP contribution in [0, 0.1) is 6.92 Å². The SMILES string of the molecule is COCC(C)Oc1ccc(N)c(C)c1. The molecular weight excluding hydrogens is 178 g/mol. The van der Waals surface area contributed by atoms with Crippen LogP contribution in [0.4, 0.5) is 5.69 Å². The number of hydrogen-bond acceptors (Lipinski definition) is 3. The van der Waals surface area contributed by atoms with Crippen LogP contribution in [0.2, 0.25) is 0 Å². The van der Waals surface area contributed by atoms with Crippen molar-refractivity contribution in [3.8, 4) is 5.75 Å². The van der Waals surface area contributed by atoms with Crippen molar-refractivity contribution in [2.24, 2.45) is 0 Å². The monoisotopic (exact) mass is 195 g/mol. The van der Waals surface area contributed by atoms with Gasteiger partial charge in [0.05, 0.1) is 6.61 Å². The molecule has 0 aliphatic carbocycles. The molecule has 0 amide bonds. The lowest BCUT2D eigenvalue weighted by atomic mass is 10.2. The lowest BCUT2D eigenvalue weighted by molar-refractivity contribution is 0.0920. The van der Waals surface area contributed by atoms with E-state index in [0.29, 0.717) is 6.61 Å². The van der Waals surface area contributed by atoms with Crippen molar-refractivity contribution in [1.29, 1.82) is 0 Å². The Balaban J connectivity index is 2.63. The highest BCUT2D eigenvalue weighted by atomic mass is 16.5. The van der Waals surface area contributed by atoms with Crippen LogP contribution in [0.3, 0.4) is 0 Å². The van der Waals surface area contributed by atoms with Crippen molar-refractivity contribution in [3.63, 3.8) is 0 Å². The normalized spacial score (nSPS) is 12.5. The van der Waals surface area contributed by atoms with Gasteiger partial charge in [-0.1, -0.05) is 0 Å². The second-order valence-corrected chi connectivity index (χ2v) is 3.40. The molecule has 1 rings (SSSR count). The van der Waals surface area contributed by atoms with Crippen LogP contribution in [-0.2, 0) is 4.74 Å². The molecule has 0 heterocycles. The lowest BCUT2D eigenvalue weighted by Crippen LogP contribution is -2.17. The van der Waals surface area contributed by atoms with E-state index in [1.54, 1.807) is 7.11 Å². The van der Waals surface area contributed by atoms with Crippen molar-refractivity contribution in [2.45, 2.75) is 20.0 Å². The molecule has 0 saturated heterocycles. The van der Waals surface area contributed by atoms with Crippen molar-refractivity contribution in [3.05, 3.63) is 23.8 Å². The maximum atomic E-state index is 5.70. The van der Waals surface area contributed by atoms with Gasteiger partial charge in [0.1, 0.15) is 11.9 Å². The highest BCUT2D eigenvalue weighted by Gasteiger charge is 2.03. The Hall–Kier alpha value is -1.22. The zero-order valence-electron chi connectivity index (χ0n) is 8.91. The lowest BCUT2D eigenvalue weighted by Gasteiger charge is -2.14. The molecule has 1 aromatic rings. The number of methoxy groups -OCH3 is 1. The molecule has 0 radical (unpaired) electrons. The van der Waals surface area contributed by atoms with Gasteiger partial charge in [-0.05, 0) is 37.6 Å². The highest BCUT2D eigenvalue weighted by Crippen LogP contribution is 2.19. The molecule has 0 aliphatic heterocycles. The summed E-state index contributed by atoms with van der Waals surface area (Å²) in [4.78, 5) is 0. The Labute approximate surface area is 84.8 Å². The zero-order valence-corrected chi connectivity index (χ0v) is 8.91. The minimum atomic E-state index is 0.0584. The van der Waals surface area contributed by atoms with E-state index in [0.717, 1.165) is 17.0 Å². The van der Waals surface area contributed by atoms with Gasteiger partial charge in [-0.25, -0.2) is 0 Å². The second-order valence-electron chi connectivity index (χ2n) is 3.40. The molecule has 0 fully saturated rings. The van der Waals surface area contributed by atoms with E-state index >= 15 is 0 Å². The summed E-state index contributed by atoms with van der Waals surface area (Å²) >= 11 is 0. The standard InChI is InChI=1S/C11H17NO2/c1-8-6-10(4-5-11(8)12)14-9(2)7-13-3/h4-6,9H,7,12H2,1-3H3. The Kier molecular flexibility index (Phi) is 3.77. The van der Waals surface area contributed by atoms with E-state index in [-0.39, 0.29) is 6.10 Å². The van der Waals surface area contributed by atoms with E-state index in [2.05, 4.69) is 0 Å². The van der Waals surface area contributed by atoms with Crippen LogP contribution in [-0.4, -0.2) is 19.8 Å². The van der Waals surface area contributed by atoms with Crippen LogP contribution in [0.5, 0.6) is 5.75 Å². The molecule has 1 atom stereocenters. The van der Waals surface area contributed by atoms with Crippen LogP contribution >= 0.6 is 0 Å². The molecule has 3 heteroatoms. The van der Waals surface area contributed by atoms with E-state index < -0.39 is 0 Å². The van der Waals surface area contributed by atoms with Gasteiger partial charge in [0, 0.05) is 12.8 Å². The molecular formula is C11H17NO2. The predicted molar refractivity (Wildman–Crippen MR) is 57.6 cm³/mol. The number of anilines is 1. The van der Waals surface area contributed by atoms with Crippen LogP contribution < -0.4 is 10.5 Å². The quantitative estimate of drug-likeness (QED) is 0.747. The van der Waals surface area contributed by atoms with Crippen molar-refractivity contribution < 1.29 is 9.47 Å². The molecule has 0 spiro atoms. The smallest absolute Gasteiger partial charge is 0.120 e.